The summed E-state index contributed by atoms with van der Waals surface area (Å²) in [6, 6.07) is 5.05. The van der Waals surface area contributed by atoms with Crippen molar-refractivity contribution in [1.82, 2.24) is 0 Å². The summed E-state index contributed by atoms with van der Waals surface area (Å²) in [4.78, 5) is 11.7. The van der Waals surface area contributed by atoms with Gasteiger partial charge in [-0.05, 0) is 18.2 Å². The molecule has 0 saturated heterocycles. The van der Waals surface area contributed by atoms with Gasteiger partial charge in [0.05, 0.1) is 25.4 Å². The Balaban J connectivity index is 2.56. The number of carboxylic acids is 1. The summed E-state index contributed by atoms with van der Waals surface area (Å²) >= 11 is 4.73. The van der Waals surface area contributed by atoms with Crippen LogP contribution in [0, 0.1) is 0 Å². The number of rotatable bonds is 7. The average molecular weight is 321 g/mol. The van der Waals surface area contributed by atoms with Crippen LogP contribution in [0.4, 0.5) is 0 Å². The standard InChI is InChI=1S/C11H13BrO4S/c12-8-1-2-9(11(14)15)10(7-8)17-6-5-16-4-3-13/h1-2,7,13H,3-6H2,(H,14,15). The zero-order chi connectivity index (χ0) is 12.7. The van der Waals surface area contributed by atoms with Gasteiger partial charge in [0.1, 0.15) is 0 Å². The second kappa shape index (κ2) is 7.71. The molecule has 0 amide bonds. The fourth-order valence-electron chi connectivity index (χ4n) is 1.17. The summed E-state index contributed by atoms with van der Waals surface area (Å²) in [6.45, 7) is 0.795. The van der Waals surface area contributed by atoms with Crippen molar-refractivity contribution >= 4 is 33.7 Å². The van der Waals surface area contributed by atoms with E-state index < -0.39 is 5.97 Å². The summed E-state index contributed by atoms with van der Waals surface area (Å²) in [7, 11) is 0. The van der Waals surface area contributed by atoms with Gasteiger partial charge in [-0.25, -0.2) is 4.79 Å². The number of hydrogen-bond acceptors (Lipinski definition) is 4. The highest BCUT2D eigenvalue weighted by atomic mass is 79.9. The Morgan fingerprint density at radius 3 is 2.82 bits per heavy atom. The molecule has 1 rings (SSSR count). The second-order valence-electron chi connectivity index (χ2n) is 3.13. The predicted molar refractivity (Wildman–Crippen MR) is 69.7 cm³/mol. The normalized spacial score (nSPS) is 10.5. The van der Waals surface area contributed by atoms with Crippen LogP contribution in [0.5, 0.6) is 0 Å². The van der Waals surface area contributed by atoms with Crippen LogP contribution in [0.3, 0.4) is 0 Å². The van der Waals surface area contributed by atoms with E-state index in [2.05, 4.69) is 15.9 Å². The van der Waals surface area contributed by atoms with Gasteiger partial charge in [0.15, 0.2) is 0 Å². The molecule has 1 aromatic rings. The van der Waals surface area contributed by atoms with E-state index in [1.54, 1.807) is 18.2 Å². The first-order valence-corrected chi connectivity index (χ1v) is 6.77. The number of aliphatic hydroxyl groups is 1. The van der Waals surface area contributed by atoms with Crippen molar-refractivity contribution in [2.75, 3.05) is 25.6 Å². The zero-order valence-electron chi connectivity index (χ0n) is 9.06. The molecule has 6 heteroatoms. The molecular formula is C11H13BrO4S. The molecule has 0 heterocycles. The van der Waals surface area contributed by atoms with E-state index in [4.69, 9.17) is 14.9 Å². The van der Waals surface area contributed by atoms with Crippen LogP contribution in [0.2, 0.25) is 0 Å². The maximum atomic E-state index is 11.0. The number of benzene rings is 1. The molecule has 0 bridgehead atoms. The maximum Gasteiger partial charge on any atom is 0.336 e. The molecule has 17 heavy (non-hydrogen) atoms. The van der Waals surface area contributed by atoms with E-state index in [9.17, 15) is 4.79 Å². The first-order valence-electron chi connectivity index (χ1n) is 4.99. The molecule has 94 valence electrons. The maximum absolute atomic E-state index is 11.0. The molecule has 0 fully saturated rings. The van der Waals surface area contributed by atoms with Crippen molar-refractivity contribution < 1.29 is 19.7 Å². The van der Waals surface area contributed by atoms with Crippen molar-refractivity contribution in [3.8, 4) is 0 Å². The van der Waals surface area contributed by atoms with Crippen molar-refractivity contribution in [3.63, 3.8) is 0 Å². The van der Waals surface area contributed by atoms with Crippen LogP contribution in [-0.2, 0) is 4.74 Å². The van der Waals surface area contributed by atoms with Gasteiger partial charge >= 0.3 is 5.97 Å². The average Bonchev–Trinajstić information content (AvgIpc) is 2.28. The Morgan fingerprint density at radius 1 is 1.41 bits per heavy atom. The number of halogens is 1. The lowest BCUT2D eigenvalue weighted by Gasteiger charge is -2.06. The van der Waals surface area contributed by atoms with Crippen LogP contribution in [0.25, 0.3) is 0 Å². The first-order chi connectivity index (χ1) is 8.15. The summed E-state index contributed by atoms with van der Waals surface area (Å²) < 4.78 is 5.95. The molecule has 2 N–H and O–H groups in total. The number of carbonyl (C=O) groups is 1. The lowest BCUT2D eigenvalue weighted by atomic mass is 10.2. The van der Waals surface area contributed by atoms with Crippen molar-refractivity contribution in [3.05, 3.63) is 28.2 Å². The van der Waals surface area contributed by atoms with Gasteiger partial charge in [-0.2, -0.15) is 0 Å². The van der Waals surface area contributed by atoms with Crippen LogP contribution in [0.15, 0.2) is 27.6 Å². The Hall–Kier alpha value is -0.560. The first kappa shape index (κ1) is 14.5. The fraction of sp³-hybridized carbons (Fsp3) is 0.364. The molecule has 1 aromatic carbocycles. The van der Waals surface area contributed by atoms with Crippen LogP contribution in [0.1, 0.15) is 10.4 Å². The third-order valence-corrected chi connectivity index (χ3v) is 3.41. The van der Waals surface area contributed by atoms with Crippen molar-refractivity contribution in [2.45, 2.75) is 4.90 Å². The van der Waals surface area contributed by atoms with E-state index in [1.165, 1.54) is 11.8 Å². The van der Waals surface area contributed by atoms with Gasteiger partial charge in [-0.1, -0.05) is 15.9 Å². The molecule has 0 aliphatic heterocycles. The third kappa shape index (κ3) is 5.08. The number of hydrogen-bond donors (Lipinski definition) is 2. The topological polar surface area (TPSA) is 66.8 Å². The molecular weight excluding hydrogens is 308 g/mol. The minimum atomic E-state index is -0.934. The van der Waals surface area contributed by atoms with E-state index in [1.807, 2.05) is 0 Å². The monoisotopic (exact) mass is 320 g/mol. The van der Waals surface area contributed by atoms with Gasteiger partial charge < -0.3 is 14.9 Å². The summed E-state index contributed by atoms with van der Waals surface area (Å²) in [5.74, 6) is -0.284. The molecule has 0 atom stereocenters. The van der Waals surface area contributed by atoms with Crippen LogP contribution in [-0.4, -0.2) is 41.8 Å². The molecule has 0 unspecified atom stereocenters. The Kier molecular flexibility index (Phi) is 6.57. The van der Waals surface area contributed by atoms with E-state index in [0.717, 1.165) is 4.47 Å². The largest absolute Gasteiger partial charge is 0.478 e. The number of aromatic carboxylic acids is 1. The summed E-state index contributed by atoms with van der Waals surface area (Å²) in [6.07, 6.45) is 0. The van der Waals surface area contributed by atoms with Gasteiger partial charge in [0.2, 0.25) is 0 Å². The lowest BCUT2D eigenvalue weighted by Crippen LogP contribution is -2.04. The molecule has 0 spiro atoms. The Labute approximate surface area is 112 Å². The molecule has 0 radical (unpaired) electrons. The molecule has 0 aliphatic carbocycles. The Bertz CT molecular complexity index is 384. The highest BCUT2D eigenvalue weighted by molar-refractivity contribution is 9.10. The SMILES string of the molecule is O=C(O)c1ccc(Br)cc1SCCOCCO. The zero-order valence-corrected chi connectivity index (χ0v) is 11.5. The third-order valence-electron chi connectivity index (χ3n) is 1.89. The fourth-order valence-corrected chi connectivity index (χ4v) is 2.62. The number of carboxylic acid groups (broad SMARTS) is 1. The summed E-state index contributed by atoms with van der Waals surface area (Å²) in [5.41, 5.74) is 0.292. The van der Waals surface area contributed by atoms with E-state index in [0.29, 0.717) is 29.4 Å². The minimum absolute atomic E-state index is 0.00191. The molecule has 0 aromatic heterocycles. The minimum Gasteiger partial charge on any atom is -0.478 e. The second-order valence-corrected chi connectivity index (χ2v) is 5.18. The summed E-state index contributed by atoms with van der Waals surface area (Å²) in [5, 5.41) is 17.5. The van der Waals surface area contributed by atoms with Crippen LogP contribution >= 0.6 is 27.7 Å². The van der Waals surface area contributed by atoms with Crippen LogP contribution < -0.4 is 0 Å². The molecule has 0 aliphatic rings. The Morgan fingerprint density at radius 2 is 2.18 bits per heavy atom. The molecule has 4 nitrogen and oxygen atoms in total. The lowest BCUT2D eigenvalue weighted by molar-refractivity contribution is 0.0693. The van der Waals surface area contributed by atoms with Gasteiger partial charge in [0.25, 0.3) is 0 Å². The number of thioether (sulfide) groups is 1. The smallest absolute Gasteiger partial charge is 0.336 e. The van der Waals surface area contributed by atoms with Gasteiger partial charge in [0, 0.05) is 15.1 Å². The van der Waals surface area contributed by atoms with Gasteiger partial charge in [-0.15, -0.1) is 11.8 Å². The quantitative estimate of drug-likeness (QED) is 0.596. The van der Waals surface area contributed by atoms with Crippen molar-refractivity contribution in [1.29, 1.82) is 0 Å². The predicted octanol–water partition coefficient (Wildman–Crippen LogP) is 2.25. The van der Waals surface area contributed by atoms with Gasteiger partial charge in [-0.3, -0.25) is 0 Å². The van der Waals surface area contributed by atoms with Crippen molar-refractivity contribution in [2.24, 2.45) is 0 Å². The van der Waals surface area contributed by atoms with E-state index in [-0.39, 0.29) is 6.61 Å². The molecule has 0 saturated carbocycles. The number of ether oxygens (including phenoxy) is 1. The highest BCUT2D eigenvalue weighted by Crippen LogP contribution is 2.26. The van der Waals surface area contributed by atoms with E-state index >= 15 is 0 Å². The number of aliphatic hydroxyl groups excluding tert-OH is 1. The highest BCUT2D eigenvalue weighted by Gasteiger charge is 2.10.